The van der Waals surface area contributed by atoms with E-state index in [-0.39, 0.29) is 24.0 Å². The molecule has 1 aliphatic carbocycles. The smallest absolute Gasteiger partial charge is 0.191 e. The summed E-state index contributed by atoms with van der Waals surface area (Å²) in [6, 6.07) is 5.62. The molecule has 0 amide bonds. The average Bonchev–Trinajstić information content (AvgIpc) is 3.25. The van der Waals surface area contributed by atoms with Gasteiger partial charge in [-0.15, -0.1) is 35.3 Å². The Labute approximate surface area is 167 Å². The summed E-state index contributed by atoms with van der Waals surface area (Å²) in [4.78, 5) is 8.45. The fourth-order valence-electron chi connectivity index (χ4n) is 4.07. The predicted octanol–water partition coefficient (Wildman–Crippen LogP) is 3.86. The summed E-state index contributed by atoms with van der Waals surface area (Å²) in [5.74, 6) is 1.63. The van der Waals surface area contributed by atoms with E-state index >= 15 is 0 Å². The lowest BCUT2D eigenvalue weighted by Gasteiger charge is -2.39. The van der Waals surface area contributed by atoms with Crippen LogP contribution >= 0.6 is 35.3 Å². The number of aliphatic imine (C=N–C) groups is 1. The lowest BCUT2D eigenvalue weighted by atomic mass is 9.88. The second-order valence-electron chi connectivity index (χ2n) is 6.92. The van der Waals surface area contributed by atoms with Gasteiger partial charge in [-0.3, -0.25) is 9.89 Å². The molecule has 136 valence electrons. The number of hydrogen-bond donors (Lipinski definition) is 2. The van der Waals surface area contributed by atoms with Gasteiger partial charge in [0.25, 0.3) is 0 Å². The molecule has 1 saturated carbocycles. The average molecular weight is 462 g/mol. The van der Waals surface area contributed by atoms with Crippen LogP contribution in [0.2, 0.25) is 0 Å². The number of piperidine rings is 1. The third-order valence-corrected chi connectivity index (χ3v) is 6.24. The molecular weight excluding hydrogens is 431 g/mol. The van der Waals surface area contributed by atoms with E-state index in [4.69, 9.17) is 0 Å². The number of thiophene rings is 1. The normalized spacial score (nSPS) is 26.2. The van der Waals surface area contributed by atoms with E-state index in [9.17, 15) is 0 Å². The van der Waals surface area contributed by atoms with Crippen LogP contribution in [0.5, 0.6) is 0 Å². The van der Waals surface area contributed by atoms with Gasteiger partial charge in [0.1, 0.15) is 0 Å². The number of guanidine groups is 1. The minimum Gasteiger partial charge on any atom is -0.356 e. The maximum Gasteiger partial charge on any atom is 0.191 e. The van der Waals surface area contributed by atoms with Crippen molar-refractivity contribution in [2.75, 3.05) is 27.2 Å². The largest absolute Gasteiger partial charge is 0.356 e. The molecular formula is C18H31IN4S. The summed E-state index contributed by atoms with van der Waals surface area (Å²) >= 11 is 1.89. The van der Waals surface area contributed by atoms with Gasteiger partial charge in [-0.1, -0.05) is 18.9 Å². The van der Waals surface area contributed by atoms with Crippen LogP contribution in [0.25, 0.3) is 0 Å². The molecule has 2 aliphatic rings. The Bertz CT molecular complexity index is 499. The number of likely N-dealkylation sites (tertiary alicyclic amines) is 1. The maximum absolute atomic E-state index is 4.43. The number of rotatable bonds is 4. The van der Waals surface area contributed by atoms with Crippen molar-refractivity contribution < 1.29 is 0 Å². The van der Waals surface area contributed by atoms with E-state index in [1.807, 2.05) is 18.4 Å². The molecule has 2 atom stereocenters. The highest BCUT2D eigenvalue weighted by molar-refractivity contribution is 14.0. The van der Waals surface area contributed by atoms with Crippen molar-refractivity contribution in [3.8, 4) is 0 Å². The molecule has 2 fully saturated rings. The third kappa shape index (κ3) is 5.08. The number of halogens is 1. The summed E-state index contributed by atoms with van der Waals surface area (Å²) in [6.07, 6.45) is 7.85. The first kappa shape index (κ1) is 20.0. The van der Waals surface area contributed by atoms with Gasteiger partial charge in [-0.05, 0) is 56.6 Å². The Hall–Kier alpha value is -0.340. The van der Waals surface area contributed by atoms with Crippen LogP contribution < -0.4 is 10.6 Å². The first-order chi connectivity index (χ1) is 11.3. The summed E-state index contributed by atoms with van der Waals surface area (Å²) in [5, 5.41) is 9.39. The fraction of sp³-hybridized carbons (Fsp3) is 0.722. The van der Waals surface area contributed by atoms with Crippen molar-refractivity contribution in [3.05, 3.63) is 22.4 Å². The molecule has 1 saturated heterocycles. The van der Waals surface area contributed by atoms with E-state index in [2.05, 4.69) is 45.1 Å². The summed E-state index contributed by atoms with van der Waals surface area (Å²) in [6.45, 7) is 2.20. The van der Waals surface area contributed by atoms with Gasteiger partial charge >= 0.3 is 0 Å². The Morgan fingerprint density at radius 1 is 1.29 bits per heavy atom. The lowest BCUT2D eigenvalue weighted by Crippen LogP contribution is -2.47. The molecule has 3 rings (SSSR count). The lowest BCUT2D eigenvalue weighted by molar-refractivity contribution is 0.125. The Morgan fingerprint density at radius 2 is 2.08 bits per heavy atom. The first-order valence-corrected chi connectivity index (χ1v) is 9.86. The zero-order valence-corrected chi connectivity index (χ0v) is 18.0. The van der Waals surface area contributed by atoms with Gasteiger partial charge in [0, 0.05) is 30.6 Å². The van der Waals surface area contributed by atoms with Crippen LogP contribution in [0.4, 0.5) is 0 Å². The molecule has 6 heteroatoms. The molecule has 24 heavy (non-hydrogen) atoms. The third-order valence-electron chi connectivity index (χ3n) is 5.29. The van der Waals surface area contributed by atoms with E-state index in [0.717, 1.165) is 12.5 Å². The van der Waals surface area contributed by atoms with Crippen molar-refractivity contribution in [3.63, 3.8) is 0 Å². The van der Waals surface area contributed by atoms with Gasteiger partial charge in [0.05, 0.1) is 0 Å². The zero-order chi connectivity index (χ0) is 16.1. The SMILES string of the molecule is CN=C(NCC1CCCN(C)C1c1cccs1)NC1CCCC1.I. The second kappa shape index (κ2) is 9.97. The zero-order valence-electron chi connectivity index (χ0n) is 14.8. The van der Waals surface area contributed by atoms with E-state index in [1.165, 1.54) is 49.9 Å². The van der Waals surface area contributed by atoms with Gasteiger partial charge < -0.3 is 10.6 Å². The van der Waals surface area contributed by atoms with Crippen LogP contribution in [0.15, 0.2) is 22.5 Å². The number of nitrogens with one attached hydrogen (secondary N) is 2. The predicted molar refractivity (Wildman–Crippen MR) is 115 cm³/mol. The van der Waals surface area contributed by atoms with Crippen LogP contribution in [0.3, 0.4) is 0 Å². The Balaban J connectivity index is 0.00000208. The van der Waals surface area contributed by atoms with Crippen LogP contribution in [0, 0.1) is 5.92 Å². The highest BCUT2D eigenvalue weighted by Gasteiger charge is 2.31. The summed E-state index contributed by atoms with van der Waals surface area (Å²) in [5.41, 5.74) is 0. The standard InChI is InChI=1S/C18H30N4S.HI/c1-19-18(21-15-8-3-4-9-15)20-13-14-7-5-11-22(2)17(14)16-10-6-12-23-16;/h6,10,12,14-15,17H,3-5,7-9,11,13H2,1-2H3,(H2,19,20,21);1H. The molecule has 1 aromatic heterocycles. The van der Waals surface area contributed by atoms with Gasteiger partial charge in [-0.2, -0.15) is 0 Å². The van der Waals surface area contributed by atoms with E-state index < -0.39 is 0 Å². The van der Waals surface area contributed by atoms with Crippen molar-refractivity contribution in [1.82, 2.24) is 15.5 Å². The van der Waals surface area contributed by atoms with Crippen molar-refractivity contribution >= 4 is 41.3 Å². The monoisotopic (exact) mass is 462 g/mol. The van der Waals surface area contributed by atoms with Gasteiger partial charge in [0.15, 0.2) is 5.96 Å². The van der Waals surface area contributed by atoms with E-state index in [1.54, 1.807) is 0 Å². The van der Waals surface area contributed by atoms with Gasteiger partial charge in [-0.25, -0.2) is 0 Å². The molecule has 2 unspecified atom stereocenters. The molecule has 1 aromatic rings. The van der Waals surface area contributed by atoms with Crippen molar-refractivity contribution in [2.45, 2.75) is 50.6 Å². The highest BCUT2D eigenvalue weighted by atomic mass is 127. The van der Waals surface area contributed by atoms with Crippen molar-refractivity contribution in [2.24, 2.45) is 10.9 Å². The molecule has 2 N–H and O–H groups in total. The van der Waals surface area contributed by atoms with Crippen LogP contribution in [-0.2, 0) is 0 Å². The molecule has 0 spiro atoms. The molecule has 4 nitrogen and oxygen atoms in total. The van der Waals surface area contributed by atoms with Crippen LogP contribution in [-0.4, -0.2) is 44.1 Å². The molecule has 0 bridgehead atoms. The number of nitrogens with zero attached hydrogens (tertiary/aromatic N) is 2. The minimum atomic E-state index is 0. The molecule has 1 aliphatic heterocycles. The topological polar surface area (TPSA) is 39.7 Å². The summed E-state index contributed by atoms with van der Waals surface area (Å²) < 4.78 is 0. The Kier molecular flexibility index (Phi) is 8.30. The highest BCUT2D eigenvalue weighted by Crippen LogP contribution is 2.36. The molecule has 2 heterocycles. The van der Waals surface area contributed by atoms with Gasteiger partial charge in [0.2, 0.25) is 0 Å². The molecule has 0 aromatic carbocycles. The second-order valence-corrected chi connectivity index (χ2v) is 7.90. The quantitative estimate of drug-likeness (QED) is 0.406. The van der Waals surface area contributed by atoms with E-state index in [0.29, 0.717) is 18.0 Å². The van der Waals surface area contributed by atoms with Crippen molar-refractivity contribution in [1.29, 1.82) is 0 Å². The number of hydrogen-bond acceptors (Lipinski definition) is 3. The maximum atomic E-state index is 4.43. The fourth-order valence-corrected chi connectivity index (χ4v) is 5.05. The molecule has 0 radical (unpaired) electrons. The minimum absolute atomic E-state index is 0. The Morgan fingerprint density at radius 3 is 2.75 bits per heavy atom. The summed E-state index contributed by atoms with van der Waals surface area (Å²) in [7, 11) is 4.15. The first-order valence-electron chi connectivity index (χ1n) is 8.98. The van der Waals surface area contributed by atoms with Crippen LogP contribution in [0.1, 0.15) is 49.4 Å².